The minimum atomic E-state index is 0.472. The van der Waals surface area contributed by atoms with Crippen LogP contribution in [0.1, 0.15) is 59.3 Å². The Morgan fingerprint density at radius 2 is 1.00 bits per heavy atom. The van der Waals surface area contributed by atoms with Crippen molar-refractivity contribution in [1.82, 2.24) is 26.6 Å². The summed E-state index contributed by atoms with van der Waals surface area (Å²) >= 11 is 0. The quantitative estimate of drug-likeness (QED) is 0.184. The molecule has 0 saturated heterocycles. The van der Waals surface area contributed by atoms with Crippen LogP contribution in [-0.4, -0.2) is 58.5 Å². The van der Waals surface area contributed by atoms with E-state index in [0.29, 0.717) is 6.17 Å². The van der Waals surface area contributed by atoms with Crippen molar-refractivity contribution in [3.63, 3.8) is 0 Å². The van der Waals surface area contributed by atoms with Crippen molar-refractivity contribution in [1.29, 1.82) is 0 Å². The van der Waals surface area contributed by atoms with Gasteiger partial charge in [0.25, 0.3) is 0 Å². The number of hydrogen-bond acceptors (Lipinski definition) is 5. The summed E-state index contributed by atoms with van der Waals surface area (Å²) in [6.45, 7) is 15.4. The zero-order chi connectivity index (χ0) is 17.0. The fourth-order valence-electron chi connectivity index (χ4n) is 2.55. The van der Waals surface area contributed by atoms with Crippen molar-refractivity contribution in [2.45, 2.75) is 65.5 Å². The second kappa shape index (κ2) is 19.8. The molecule has 0 aromatic heterocycles. The fourth-order valence-corrected chi connectivity index (χ4v) is 2.55. The molecule has 0 aliphatic carbocycles. The lowest BCUT2D eigenvalue weighted by Crippen LogP contribution is -2.42. The van der Waals surface area contributed by atoms with Gasteiger partial charge in [0.05, 0.1) is 6.17 Å². The third-order valence-electron chi connectivity index (χ3n) is 3.87. The minimum Gasteiger partial charge on any atom is -0.317 e. The van der Waals surface area contributed by atoms with E-state index in [1.54, 1.807) is 0 Å². The summed E-state index contributed by atoms with van der Waals surface area (Å²) in [5.74, 6) is 0. The summed E-state index contributed by atoms with van der Waals surface area (Å²) in [6, 6.07) is 0. The van der Waals surface area contributed by atoms with Crippen LogP contribution in [-0.2, 0) is 0 Å². The molecule has 0 aliphatic heterocycles. The predicted octanol–water partition coefficient (Wildman–Crippen LogP) is 1.66. The summed E-state index contributed by atoms with van der Waals surface area (Å²) in [5.41, 5.74) is 0. The van der Waals surface area contributed by atoms with E-state index >= 15 is 0 Å². The first-order valence-corrected chi connectivity index (χ1v) is 9.94. The standard InChI is InChI=1S/C18H43N5/c1-4-7-12-19-14-9-16-21-17-10-15-20-13-8-11-18(22-5-2)23-6-3/h18-23H,4-17H2,1-3H3. The third-order valence-corrected chi connectivity index (χ3v) is 3.87. The van der Waals surface area contributed by atoms with E-state index in [1.807, 2.05) is 0 Å². The Kier molecular flexibility index (Phi) is 19.7. The Hall–Kier alpha value is -0.200. The van der Waals surface area contributed by atoms with Crippen molar-refractivity contribution in [2.75, 3.05) is 52.4 Å². The maximum atomic E-state index is 3.54. The van der Waals surface area contributed by atoms with E-state index in [4.69, 9.17) is 0 Å². The molecule has 0 aromatic rings. The van der Waals surface area contributed by atoms with Gasteiger partial charge in [-0.15, -0.1) is 0 Å². The average Bonchev–Trinajstić information content (AvgIpc) is 2.55. The summed E-state index contributed by atoms with van der Waals surface area (Å²) in [5, 5.41) is 17.5. The number of unbranched alkanes of at least 4 members (excludes halogenated alkanes) is 1. The second-order valence-corrected chi connectivity index (χ2v) is 6.12. The molecule has 0 heterocycles. The molecule has 0 fully saturated rings. The van der Waals surface area contributed by atoms with Gasteiger partial charge in [-0.3, -0.25) is 0 Å². The number of nitrogens with one attached hydrogen (secondary N) is 5. The van der Waals surface area contributed by atoms with Gasteiger partial charge >= 0.3 is 0 Å². The summed E-state index contributed by atoms with van der Waals surface area (Å²) in [7, 11) is 0. The highest BCUT2D eigenvalue weighted by Crippen LogP contribution is 1.93. The zero-order valence-corrected chi connectivity index (χ0v) is 16.0. The van der Waals surface area contributed by atoms with Crippen molar-refractivity contribution in [2.24, 2.45) is 0 Å². The number of rotatable bonds is 19. The molecule has 0 aliphatic rings. The second-order valence-electron chi connectivity index (χ2n) is 6.12. The average molecular weight is 330 g/mol. The molecule has 0 spiro atoms. The smallest absolute Gasteiger partial charge is 0.0571 e. The monoisotopic (exact) mass is 329 g/mol. The minimum absolute atomic E-state index is 0.472. The lowest BCUT2D eigenvalue weighted by atomic mass is 10.2. The fraction of sp³-hybridized carbons (Fsp3) is 1.00. The molecule has 0 unspecified atom stereocenters. The Morgan fingerprint density at radius 3 is 1.43 bits per heavy atom. The van der Waals surface area contributed by atoms with Gasteiger partial charge in [-0.25, -0.2) is 0 Å². The van der Waals surface area contributed by atoms with Crippen LogP contribution >= 0.6 is 0 Å². The van der Waals surface area contributed by atoms with E-state index in [-0.39, 0.29) is 0 Å². The lowest BCUT2D eigenvalue weighted by molar-refractivity contribution is 0.403. The first kappa shape index (κ1) is 22.8. The molecular weight excluding hydrogens is 286 g/mol. The molecule has 0 radical (unpaired) electrons. The molecule has 23 heavy (non-hydrogen) atoms. The summed E-state index contributed by atoms with van der Waals surface area (Å²) < 4.78 is 0. The molecule has 5 N–H and O–H groups in total. The molecule has 0 atom stereocenters. The maximum absolute atomic E-state index is 3.54. The lowest BCUT2D eigenvalue weighted by Gasteiger charge is -2.18. The van der Waals surface area contributed by atoms with Crippen LogP contribution in [0, 0.1) is 0 Å². The van der Waals surface area contributed by atoms with Gasteiger partial charge in [0.1, 0.15) is 0 Å². The van der Waals surface area contributed by atoms with E-state index in [2.05, 4.69) is 47.4 Å². The van der Waals surface area contributed by atoms with Crippen LogP contribution in [0.2, 0.25) is 0 Å². The van der Waals surface area contributed by atoms with Gasteiger partial charge in [0.15, 0.2) is 0 Å². The van der Waals surface area contributed by atoms with Crippen molar-refractivity contribution >= 4 is 0 Å². The molecule has 0 amide bonds. The number of hydrogen-bond donors (Lipinski definition) is 5. The molecule has 0 aromatic carbocycles. The van der Waals surface area contributed by atoms with Gasteiger partial charge in [-0.05, 0) is 84.5 Å². The molecule has 140 valence electrons. The molecular formula is C18H43N5. The molecule has 0 bridgehead atoms. The van der Waals surface area contributed by atoms with Crippen LogP contribution in [0.15, 0.2) is 0 Å². The molecule has 0 rings (SSSR count). The predicted molar refractivity (Wildman–Crippen MR) is 103 cm³/mol. The zero-order valence-electron chi connectivity index (χ0n) is 16.0. The van der Waals surface area contributed by atoms with Crippen LogP contribution in [0.25, 0.3) is 0 Å². The Morgan fingerprint density at radius 1 is 0.565 bits per heavy atom. The molecule has 5 nitrogen and oxygen atoms in total. The van der Waals surface area contributed by atoms with E-state index < -0.39 is 0 Å². The third kappa shape index (κ3) is 18.0. The first-order chi connectivity index (χ1) is 11.3. The normalized spacial score (nSPS) is 11.5. The highest BCUT2D eigenvalue weighted by Gasteiger charge is 2.03. The summed E-state index contributed by atoms with van der Waals surface area (Å²) in [6.07, 6.45) is 7.91. The SMILES string of the molecule is CCCCNCCCNCCCNCCCC(NCC)NCC. The highest BCUT2D eigenvalue weighted by molar-refractivity contribution is 4.63. The van der Waals surface area contributed by atoms with Gasteiger partial charge < -0.3 is 26.6 Å². The van der Waals surface area contributed by atoms with Crippen LogP contribution < -0.4 is 26.6 Å². The van der Waals surface area contributed by atoms with Crippen molar-refractivity contribution in [3.8, 4) is 0 Å². The van der Waals surface area contributed by atoms with Gasteiger partial charge in [0.2, 0.25) is 0 Å². The van der Waals surface area contributed by atoms with Crippen molar-refractivity contribution in [3.05, 3.63) is 0 Å². The summed E-state index contributed by atoms with van der Waals surface area (Å²) in [4.78, 5) is 0. The molecule has 0 saturated carbocycles. The largest absolute Gasteiger partial charge is 0.317 e. The van der Waals surface area contributed by atoms with Gasteiger partial charge in [-0.1, -0.05) is 27.2 Å². The van der Waals surface area contributed by atoms with E-state index in [0.717, 1.165) is 45.8 Å². The van der Waals surface area contributed by atoms with Crippen LogP contribution in [0.5, 0.6) is 0 Å². The Labute approximate surface area is 145 Å². The van der Waals surface area contributed by atoms with E-state index in [9.17, 15) is 0 Å². The molecule has 5 heteroatoms. The van der Waals surface area contributed by atoms with E-state index in [1.165, 1.54) is 45.1 Å². The Balaban J connectivity index is 3.15. The highest BCUT2D eigenvalue weighted by atomic mass is 15.1. The van der Waals surface area contributed by atoms with Gasteiger partial charge in [-0.2, -0.15) is 0 Å². The van der Waals surface area contributed by atoms with Crippen LogP contribution in [0.3, 0.4) is 0 Å². The maximum Gasteiger partial charge on any atom is 0.0571 e. The topological polar surface area (TPSA) is 60.1 Å². The first-order valence-electron chi connectivity index (χ1n) is 9.94. The Bertz CT molecular complexity index is 208. The van der Waals surface area contributed by atoms with Crippen molar-refractivity contribution < 1.29 is 0 Å². The van der Waals surface area contributed by atoms with Crippen LogP contribution in [0.4, 0.5) is 0 Å². The van der Waals surface area contributed by atoms with Gasteiger partial charge in [0, 0.05) is 0 Å².